The summed E-state index contributed by atoms with van der Waals surface area (Å²) in [6.45, 7) is 3.54. The molecule has 0 bridgehead atoms. The first-order valence-corrected chi connectivity index (χ1v) is 8.55. The Bertz CT molecular complexity index is 810. The number of sulfone groups is 1. The summed E-state index contributed by atoms with van der Waals surface area (Å²) in [5.41, 5.74) is 0.819. The van der Waals surface area contributed by atoms with Crippen molar-refractivity contribution in [2.75, 3.05) is 0 Å². The van der Waals surface area contributed by atoms with Crippen LogP contribution < -0.4 is 0 Å². The van der Waals surface area contributed by atoms with Crippen LogP contribution in [0.25, 0.3) is 12.2 Å². The second kappa shape index (κ2) is 6.71. The van der Waals surface area contributed by atoms with Gasteiger partial charge in [0.15, 0.2) is 0 Å². The van der Waals surface area contributed by atoms with Crippen LogP contribution in [0, 0.1) is 0 Å². The molecular formula is C18H18O4S. The van der Waals surface area contributed by atoms with E-state index in [1.807, 2.05) is 0 Å². The molecule has 0 radical (unpaired) electrons. The highest BCUT2D eigenvalue weighted by atomic mass is 32.2. The van der Waals surface area contributed by atoms with Gasteiger partial charge in [-0.25, -0.2) is 8.42 Å². The summed E-state index contributed by atoms with van der Waals surface area (Å²) in [5, 5.41) is 19.2. The lowest BCUT2D eigenvalue weighted by Crippen LogP contribution is -2.06. The predicted octanol–water partition coefficient (Wildman–Crippen LogP) is 4.00. The Morgan fingerprint density at radius 3 is 1.52 bits per heavy atom. The van der Waals surface area contributed by atoms with E-state index in [-0.39, 0.29) is 21.3 Å². The highest BCUT2D eigenvalue weighted by Gasteiger charge is 2.23. The molecule has 0 amide bonds. The van der Waals surface area contributed by atoms with E-state index in [0.29, 0.717) is 11.1 Å². The Morgan fingerprint density at radius 1 is 0.783 bits per heavy atom. The molecule has 0 heterocycles. The summed E-state index contributed by atoms with van der Waals surface area (Å²) in [6.07, 6.45) is 6.67. The number of allylic oxidation sites excluding steroid dienone is 2. The number of phenols is 2. The maximum atomic E-state index is 13.0. The first-order valence-electron chi connectivity index (χ1n) is 7.06. The number of hydrogen-bond acceptors (Lipinski definition) is 4. The molecule has 0 fully saturated rings. The summed E-state index contributed by atoms with van der Waals surface area (Å²) in [7, 11) is -3.80. The van der Waals surface area contributed by atoms with Crippen molar-refractivity contribution < 1.29 is 18.6 Å². The molecule has 2 N–H and O–H groups in total. The molecule has 0 aromatic heterocycles. The van der Waals surface area contributed by atoms with Crippen molar-refractivity contribution in [1.82, 2.24) is 0 Å². The summed E-state index contributed by atoms with van der Waals surface area (Å²) in [6, 6.07) is 8.26. The second-order valence-electron chi connectivity index (χ2n) is 4.95. The molecule has 2 rings (SSSR count). The largest absolute Gasteiger partial charge is 0.508 e. The van der Waals surface area contributed by atoms with Gasteiger partial charge in [-0.05, 0) is 61.4 Å². The van der Waals surface area contributed by atoms with E-state index in [4.69, 9.17) is 0 Å². The minimum Gasteiger partial charge on any atom is -0.508 e. The van der Waals surface area contributed by atoms with Crippen molar-refractivity contribution in [1.29, 1.82) is 0 Å². The topological polar surface area (TPSA) is 74.6 Å². The van der Waals surface area contributed by atoms with Crippen LogP contribution in [0.4, 0.5) is 0 Å². The Hall–Kier alpha value is -2.53. The summed E-state index contributed by atoms with van der Waals surface area (Å²) >= 11 is 0. The maximum Gasteiger partial charge on any atom is 0.207 e. The van der Waals surface area contributed by atoms with Crippen molar-refractivity contribution in [3.05, 3.63) is 59.7 Å². The van der Waals surface area contributed by atoms with E-state index in [1.54, 1.807) is 38.2 Å². The third-order valence-electron chi connectivity index (χ3n) is 3.26. The smallest absolute Gasteiger partial charge is 0.207 e. The van der Waals surface area contributed by atoms with E-state index >= 15 is 0 Å². The van der Waals surface area contributed by atoms with E-state index in [0.717, 1.165) is 0 Å². The fourth-order valence-corrected chi connectivity index (χ4v) is 3.91. The molecule has 0 unspecified atom stereocenters. The average Bonchev–Trinajstić information content (AvgIpc) is 2.47. The van der Waals surface area contributed by atoms with Crippen molar-refractivity contribution in [3.8, 4) is 11.5 Å². The van der Waals surface area contributed by atoms with E-state index in [9.17, 15) is 18.6 Å². The summed E-state index contributed by atoms with van der Waals surface area (Å²) in [5.74, 6) is -0.00660. The van der Waals surface area contributed by atoms with Crippen molar-refractivity contribution >= 4 is 22.0 Å². The van der Waals surface area contributed by atoms with Crippen LogP contribution in [-0.4, -0.2) is 18.6 Å². The lowest BCUT2D eigenvalue weighted by atomic mass is 10.2. The van der Waals surface area contributed by atoms with Gasteiger partial charge in [-0.15, -0.1) is 0 Å². The molecule has 120 valence electrons. The number of phenolic OH excluding ortho intramolecular Hbond substituents is 2. The lowest BCUT2D eigenvalue weighted by Gasteiger charge is -2.11. The Balaban J connectivity index is 2.74. The maximum absolute atomic E-state index is 13.0. The number of hydrogen-bond donors (Lipinski definition) is 2. The minimum atomic E-state index is -3.80. The van der Waals surface area contributed by atoms with E-state index in [2.05, 4.69) is 0 Å². The van der Waals surface area contributed by atoms with Gasteiger partial charge in [0.25, 0.3) is 0 Å². The van der Waals surface area contributed by atoms with Gasteiger partial charge in [0.05, 0.1) is 9.79 Å². The van der Waals surface area contributed by atoms with Gasteiger partial charge in [0.2, 0.25) is 9.84 Å². The molecule has 0 saturated heterocycles. The molecule has 4 nitrogen and oxygen atoms in total. The molecule has 5 heteroatoms. The predicted molar refractivity (Wildman–Crippen MR) is 91.1 cm³/mol. The highest BCUT2D eigenvalue weighted by molar-refractivity contribution is 7.91. The number of rotatable bonds is 4. The van der Waals surface area contributed by atoms with Crippen molar-refractivity contribution in [3.63, 3.8) is 0 Å². The molecular weight excluding hydrogens is 312 g/mol. The standard InChI is InChI=1S/C18H18O4S/c1-3-5-13-11-15(19)7-9-17(13)23(21,22)18-10-8-16(20)12-14(18)6-4-2/h3-12,19-20H,1-2H3. The van der Waals surface area contributed by atoms with E-state index in [1.165, 1.54) is 36.4 Å². The Kier molecular flexibility index (Phi) is 4.91. The molecule has 23 heavy (non-hydrogen) atoms. The first kappa shape index (κ1) is 16.8. The zero-order chi connectivity index (χ0) is 17.0. The third-order valence-corrected chi connectivity index (χ3v) is 5.16. The number of aromatic hydroxyl groups is 2. The second-order valence-corrected chi connectivity index (χ2v) is 6.83. The summed E-state index contributed by atoms with van der Waals surface area (Å²) in [4.78, 5) is 0.203. The van der Waals surface area contributed by atoms with Gasteiger partial charge in [0.1, 0.15) is 11.5 Å². The summed E-state index contributed by atoms with van der Waals surface area (Å²) < 4.78 is 26.0. The lowest BCUT2D eigenvalue weighted by molar-refractivity contribution is 0.474. The van der Waals surface area contributed by atoms with Crippen LogP contribution in [0.15, 0.2) is 58.3 Å². The molecule has 0 aliphatic carbocycles. The van der Waals surface area contributed by atoms with Crippen LogP contribution in [0.1, 0.15) is 25.0 Å². The molecule has 0 aliphatic heterocycles. The number of benzene rings is 2. The molecule has 2 aromatic carbocycles. The van der Waals surface area contributed by atoms with Gasteiger partial charge >= 0.3 is 0 Å². The fourth-order valence-electron chi connectivity index (χ4n) is 2.30. The van der Waals surface area contributed by atoms with Crippen molar-refractivity contribution in [2.24, 2.45) is 0 Å². The highest BCUT2D eigenvalue weighted by Crippen LogP contribution is 2.31. The zero-order valence-corrected chi connectivity index (χ0v) is 13.7. The van der Waals surface area contributed by atoms with Gasteiger partial charge in [-0.3, -0.25) is 0 Å². The van der Waals surface area contributed by atoms with Crippen LogP contribution in [0.3, 0.4) is 0 Å². The van der Waals surface area contributed by atoms with Gasteiger partial charge in [0, 0.05) is 0 Å². The molecule has 0 spiro atoms. The quantitative estimate of drug-likeness (QED) is 0.888. The van der Waals surface area contributed by atoms with Gasteiger partial charge in [-0.1, -0.05) is 24.3 Å². The minimum absolute atomic E-state index is 0.00330. The van der Waals surface area contributed by atoms with Crippen LogP contribution in [0.5, 0.6) is 11.5 Å². The first-order chi connectivity index (χ1) is 10.9. The fraction of sp³-hybridized carbons (Fsp3) is 0.111. The van der Waals surface area contributed by atoms with Crippen molar-refractivity contribution in [2.45, 2.75) is 23.6 Å². The average molecular weight is 330 g/mol. The molecule has 0 atom stereocenters. The third kappa shape index (κ3) is 3.46. The Morgan fingerprint density at radius 2 is 1.17 bits per heavy atom. The normalized spacial score (nSPS) is 12.3. The van der Waals surface area contributed by atoms with Crippen LogP contribution in [-0.2, 0) is 9.84 Å². The molecule has 2 aromatic rings. The van der Waals surface area contributed by atoms with Gasteiger partial charge < -0.3 is 10.2 Å². The van der Waals surface area contributed by atoms with Gasteiger partial charge in [-0.2, -0.15) is 0 Å². The van der Waals surface area contributed by atoms with Crippen LogP contribution >= 0.6 is 0 Å². The van der Waals surface area contributed by atoms with Crippen LogP contribution in [0.2, 0.25) is 0 Å². The zero-order valence-electron chi connectivity index (χ0n) is 12.9. The molecule has 0 aliphatic rings. The Labute approximate surface area is 136 Å². The van der Waals surface area contributed by atoms with E-state index < -0.39 is 9.84 Å². The molecule has 0 saturated carbocycles. The monoisotopic (exact) mass is 330 g/mol. The SMILES string of the molecule is CC=Cc1cc(O)ccc1S(=O)(=O)c1ccc(O)cc1C=CC.